The van der Waals surface area contributed by atoms with Gasteiger partial charge >= 0.3 is 0 Å². The summed E-state index contributed by atoms with van der Waals surface area (Å²) >= 11 is 0. The van der Waals surface area contributed by atoms with E-state index in [0.717, 1.165) is 12.8 Å². The van der Waals surface area contributed by atoms with Gasteiger partial charge < -0.3 is 4.74 Å². The molecule has 0 saturated heterocycles. The fourth-order valence-corrected chi connectivity index (χ4v) is 2.73. The summed E-state index contributed by atoms with van der Waals surface area (Å²) in [6, 6.07) is 31.5. The SMILES string of the molecule is c1ccc(COC(Cc2ccccc2)Cc2ccccc2)cc1. The summed E-state index contributed by atoms with van der Waals surface area (Å²) in [5, 5.41) is 0. The number of ether oxygens (including phenoxy) is 1. The van der Waals surface area contributed by atoms with E-state index in [9.17, 15) is 0 Å². The van der Waals surface area contributed by atoms with Gasteiger partial charge in [0.2, 0.25) is 0 Å². The lowest BCUT2D eigenvalue weighted by Crippen LogP contribution is -2.19. The van der Waals surface area contributed by atoms with Gasteiger partial charge in [-0.3, -0.25) is 0 Å². The molecule has 0 aliphatic carbocycles. The van der Waals surface area contributed by atoms with E-state index in [1.165, 1.54) is 16.7 Å². The maximum absolute atomic E-state index is 6.24. The van der Waals surface area contributed by atoms with Crippen LogP contribution in [-0.4, -0.2) is 6.10 Å². The molecular weight excluding hydrogens is 280 g/mol. The molecule has 3 aromatic rings. The van der Waals surface area contributed by atoms with Crippen LogP contribution in [0, 0.1) is 0 Å². The van der Waals surface area contributed by atoms with E-state index in [4.69, 9.17) is 4.74 Å². The van der Waals surface area contributed by atoms with Crippen molar-refractivity contribution in [1.29, 1.82) is 0 Å². The van der Waals surface area contributed by atoms with Crippen molar-refractivity contribution >= 4 is 0 Å². The van der Waals surface area contributed by atoms with E-state index in [1.54, 1.807) is 0 Å². The minimum Gasteiger partial charge on any atom is -0.373 e. The summed E-state index contributed by atoms with van der Waals surface area (Å²) in [6.07, 6.45) is 2.05. The Hall–Kier alpha value is -2.38. The molecule has 0 unspecified atom stereocenters. The van der Waals surface area contributed by atoms with E-state index in [0.29, 0.717) is 6.61 Å². The van der Waals surface area contributed by atoms with Crippen molar-refractivity contribution in [3.63, 3.8) is 0 Å². The van der Waals surface area contributed by atoms with Gasteiger partial charge in [-0.15, -0.1) is 0 Å². The lowest BCUT2D eigenvalue weighted by molar-refractivity contribution is 0.0412. The molecular formula is C22H22O. The highest BCUT2D eigenvalue weighted by Crippen LogP contribution is 2.14. The largest absolute Gasteiger partial charge is 0.373 e. The quantitative estimate of drug-likeness (QED) is 0.593. The van der Waals surface area contributed by atoms with Crippen LogP contribution in [-0.2, 0) is 24.2 Å². The van der Waals surface area contributed by atoms with Crippen LogP contribution in [0.1, 0.15) is 16.7 Å². The fraction of sp³-hybridized carbons (Fsp3) is 0.182. The summed E-state index contributed by atoms with van der Waals surface area (Å²) in [7, 11) is 0. The molecule has 0 aliphatic heterocycles. The third kappa shape index (κ3) is 5.08. The average molecular weight is 302 g/mol. The van der Waals surface area contributed by atoms with Crippen molar-refractivity contribution in [2.45, 2.75) is 25.6 Å². The van der Waals surface area contributed by atoms with Gasteiger partial charge in [0.15, 0.2) is 0 Å². The molecule has 23 heavy (non-hydrogen) atoms. The first-order chi connectivity index (χ1) is 11.4. The van der Waals surface area contributed by atoms with Crippen molar-refractivity contribution < 1.29 is 4.74 Å². The van der Waals surface area contributed by atoms with Gasteiger partial charge in [-0.25, -0.2) is 0 Å². The van der Waals surface area contributed by atoms with E-state index < -0.39 is 0 Å². The van der Waals surface area contributed by atoms with E-state index >= 15 is 0 Å². The second kappa shape index (κ2) is 8.30. The average Bonchev–Trinajstić information content (AvgIpc) is 2.62. The molecule has 0 spiro atoms. The first-order valence-electron chi connectivity index (χ1n) is 8.13. The Kier molecular flexibility index (Phi) is 5.60. The Morgan fingerprint density at radius 2 is 0.913 bits per heavy atom. The van der Waals surface area contributed by atoms with Crippen molar-refractivity contribution in [3.8, 4) is 0 Å². The maximum Gasteiger partial charge on any atom is 0.0720 e. The fourth-order valence-electron chi connectivity index (χ4n) is 2.73. The first-order valence-corrected chi connectivity index (χ1v) is 8.13. The van der Waals surface area contributed by atoms with Crippen LogP contribution in [0.4, 0.5) is 0 Å². The topological polar surface area (TPSA) is 9.23 Å². The van der Waals surface area contributed by atoms with Gasteiger partial charge in [0.25, 0.3) is 0 Å². The van der Waals surface area contributed by atoms with Gasteiger partial charge in [-0.05, 0) is 29.5 Å². The van der Waals surface area contributed by atoms with E-state index in [2.05, 4.69) is 84.9 Å². The third-order valence-corrected chi connectivity index (χ3v) is 3.94. The lowest BCUT2D eigenvalue weighted by atomic mass is 10.0. The molecule has 0 heterocycles. The third-order valence-electron chi connectivity index (χ3n) is 3.94. The minimum atomic E-state index is 0.181. The normalized spacial score (nSPS) is 10.8. The molecule has 116 valence electrons. The van der Waals surface area contributed by atoms with Crippen molar-refractivity contribution in [2.24, 2.45) is 0 Å². The molecule has 0 saturated carbocycles. The predicted molar refractivity (Wildman–Crippen MR) is 95.3 cm³/mol. The summed E-state index contributed by atoms with van der Waals surface area (Å²) in [5.41, 5.74) is 3.86. The molecule has 1 heteroatoms. The minimum absolute atomic E-state index is 0.181. The van der Waals surface area contributed by atoms with Crippen molar-refractivity contribution in [1.82, 2.24) is 0 Å². The zero-order valence-electron chi connectivity index (χ0n) is 13.3. The zero-order valence-corrected chi connectivity index (χ0v) is 13.3. The summed E-state index contributed by atoms with van der Waals surface area (Å²) in [5.74, 6) is 0. The smallest absolute Gasteiger partial charge is 0.0720 e. The highest BCUT2D eigenvalue weighted by Gasteiger charge is 2.11. The van der Waals surface area contributed by atoms with Crippen LogP contribution in [0.15, 0.2) is 91.0 Å². The molecule has 0 fully saturated rings. The molecule has 1 nitrogen and oxygen atoms in total. The second-order valence-corrected chi connectivity index (χ2v) is 5.80. The number of rotatable bonds is 7. The molecule has 3 aromatic carbocycles. The van der Waals surface area contributed by atoms with E-state index in [1.807, 2.05) is 6.07 Å². The monoisotopic (exact) mass is 302 g/mol. The highest BCUT2D eigenvalue weighted by atomic mass is 16.5. The van der Waals surface area contributed by atoms with Crippen LogP contribution in [0.3, 0.4) is 0 Å². The standard InChI is InChI=1S/C22H22O/c1-4-10-19(11-5-1)16-22(17-20-12-6-2-7-13-20)23-18-21-14-8-3-9-15-21/h1-15,22H,16-18H2. The Labute approximate surface area is 138 Å². The summed E-state index contributed by atoms with van der Waals surface area (Å²) in [6.45, 7) is 0.658. The van der Waals surface area contributed by atoms with Gasteiger partial charge in [-0.1, -0.05) is 91.0 Å². The maximum atomic E-state index is 6.24. The predicted octanol–water partition coefficient (Wildman–Crippen LogP) is 5.06. The van der Waals surface area contributed by atoms with Gasteiger partial charge in [0.1, 0.15) is 0 Å². The second-order valence-electron chi connectivity index (χ2n) is 5.80. The van der Waals surface area contributed by atoms with Crippen LogP contribution in [0.25, 0.3) is 0 Å². The number of hydrogen-bond acceptors (Lipinski definition) is 1. The van der Waals surface area contributed by atoms with Gasteiger partial charge in [0.05, 0.1) is 12.7 Å². The van der Waals surface area contributed by atoms with Crippen molar-refractivity contribution in [3.05, 3.63) is 108 Å². The molecule has 0 amide bonds. The summed E-state index contributed by atoms with van der Waals surface area (Å²) in [4.78, 5) is 0. The van der Waals surface area contributed by atoms with Crippen LogP contribution in [0.5, 0.6) is 0 Å². The molecule has 3 rings (SSSR count). The Bertz CT molecular complexity index is 635. The van der Waals surface area contributed by atoms with Crippen LogP contribution >= 0.6 is 0 Å². The Morgan fingerprint density at radius 1 is 0.522 bits per heavy atom. The Morgan fingerprint density at radius 3 is 1.35 bits per heavy atom. The highest BCUT2D eigenvalue weighted by molar-refractivity contribution is 5.19. The molecule has 0 aliphatic rings. The molecule has 0 N–H and O–H groups in total. The van der Waals surface area contributed by atoms with Crippen molar-refractivity contribution in [2.75, 3.05) is 0 Å². The van der Waals surface area contributed by atoms with E-state index in [-0.39, 0.29) is 6.10 Å². The van der Waals surface area contributed by atoms with Crippen LogP contribution < -0.4 is 0 Å². The number of benzene rings is 3. The summed E-state index contributed by atoms with van der Waals surface area (Å²) < 4.78 is 6.24. The lowest BCUT2D eigenvalue weighted by Gasteiger charge is -2.18. The molecule has 0 radical (unpaired) electrons. The first kappa shape index (κ1) is 15.5. The van der Waals surface area contributed by atoms with Gasteiger partial charge in [-0.2, -0.15) is 0 Å². The molecule has 0 atom stereocenters. The molecule has 0 aromatic heterocycles. The van der Waals surface area contributed by atoms with Gasteiger partial charge in [0, 0.05) is 0 Å². The number of hydrogen-bond donors (Lipinski definition) is 0. The Balaban J connectivity index is 1.67. The molecule has 0 bridgehead atoms. The zero-order chi connectivity index (χ0) is 15.7. The van der Waals surface area contributed by atoms with Crippen LogP contribution in [0.2, 0.25) is 0 Å².